The molecule has 0 aromatic heterocycles. The van der Waals surface area contributed by atoms with Crippen LogP contribution in [0.4, 0.5) is 31.5 Å². The quantitative estimate of drug-likeness (QED) is 0.515. The number of sulfonamides is 1. The molecule has 3 N–H and O–H groups in total. The van der Waals surface area contributed by atoms with Crippen LogP contribution < -0.4 is 20.5 Å². The number of hydrazine groups is 1. The van der Waals surface area contributed by atoms with E-state index >= 15 is 4.39 Å². The molecule has 0 spiro atoms. The molecule has 0 saturated heterocycles. The van der Waals surface area contributed by atoms with Crippen molar-refractivity contribution in [2.75, 3.05) is 22.1 Å². The van der Waals surface area contributed by atoms with Gasteiger partial charge in [-0.25, -0.2) is 22.6 Å². The molecule has 1 atom stereocenters. The van der Waals surface area contributed by atoms with Gasteiger partial charge >= 0.3 is 0 Å². The molecule has 1 unspecified atom stereocenters. The summed E-state index contributed by atoms with van der Waals surface area (Å²) in [5, 5.41) is 3.83. The number of hydrogen-bond donors (Lipinski definition) is 3. The second-order valence-electron chi connectivity index (χ2n) is 7.06. The summed E-state index contributed by atoms with van der Waals surface area (Å²) in [6.07, 6.45) is 1.16. The Labute approximate surface area is 175 Å². The van der Waals surface area contributed by atoms with Crippen molar-refractivity contribution in [2.45, 2.75) is 31.1 Å². The van der Waals surface area contributed by atoms with Gasteiger partial charge in [-0.2, -0.15) is 0 Å². The molecule has 6 nitrogen and oxygen atoms in total. The van der Waals surface area contributed by atoms with E-state index in [-0.39, 0.29) is 23.1 Å². The van der Waals surface area contributed by atoms with Crippen molar-refractivity contribution in [3.8, 4) is 0 Å². The number of benzene rings is 2. The molecule has 10 heteroatoms. The monoisotopic (exact) mass is 520 g/mol. The van der Waals surface area contributed by atoms with Gasteiger partial charge in [0.1, 0.15) is 11.5 Å². The maximum Gasteiger partial charge on any atom is 0.235 e. The van der Waals surface area contributed by atoms with E-state index in [1.165, 1.54) is 12.1 Å². The Morgan fingerprint density at radius 3 is 2.57 bits per heavy atom. The van der Waals surface area contributed by atoms with Crippen LogP contribution in [0.1, 0.15) is 31.4 Å². The van der Waals surface area contributed by atoms with Crippen molar-refractivity contribution in [1.29, 1.82) is 0 Å². The Hall–Kier alpha value is -1.66. The second-order valence-corrected chi connectivity index (χ2v) is 10.3. The Kier molecular flexibility index (Phi) is 4.91. The third-order valence-electron chi connectivity index (χ3n) is 4.87. The zero-order valence-corrected chi connectivity index (χ0v) is 18.2. The van der Waals surface area contributed by atoms with Gasteiger partial charge in [0.25, 0.3) is 0 Å². The van der Waals surface area contributed by atoms with Crippen LogP contribution in [-0.4, -0.2) is 20.7 Å². The molecule has 1 saturated carbocycles. The van der Waals surface area contributed by atoms with Gasteiger partial charge in [-0.1, -0.05) is 0 Å². The molecule has 1 heterocycles. The van der Waals surface area contributed by atoms with Crippen LogP contribution >= 0.6 is 22.6 Å². The van der Waals surface area contributed by atoms with E-state index in [9.17, 15) is 12.8 Å². The van der Waals surface area contributed by atoms with E-state index in [1.54, 1.807) is 24.2 Å². The van der Waals surface area contributed by atoms with Gasteiger partial charge < -0.3 is 10.3 Å². The Bertz CT molecular complexity index is 1060. The number of rotatable bonds is 5. The van der Waals surface area contributed by atoms with Crippen LogP contribution in [0.3, 0.4) is 0 Å². The summed E-state index contributed by atoms with van der Waals surface area (Å²) in [5.41, 5.74) is 4.03. The van der Waals surface area contributed by atoms with Gasteiger partial charge in [0.15, 0.2) is 5.82 Å². The number of fused-ring (bicyclic) bond motifs is 1. The molecule has 1 fully saturated rings. The molecule has 1 aliphatic heterocycles. The van der Waals surface area contributed by atoms with Gasteiger partial charge in [0.2, 0.25) is 10.0 Å². The minimum absolute atomic E-state index is 0.0628. The van der Waals surface area contributed by atoms with Gasteiger partial charge in [-0.15, -0.1) is 0 Å². The molecule has 1 aliphatic carbocycles. The van der Waals surface area contributed by atoms with Gasteiger partial charge in [0.05, 0.1) is 28.4 Å². The fraction of sp³-hybridized carbons (Fsp3) is 0.333. The first-order valence-electron chi connectivity index (χ1n) is 8.77. The SMILES string of the molecule is CC1NN(C)c2c1cc(NS(=O)(=O)C1CC1)c(Nc1ccc(I)cc1F)c2F. The minimum atomic E-state index is -3.62. The highest BCUT2D eigenvalue weighted by molar-refractivity contribution is 14.1. The standard InChI is InChI=1S/C18H19F2IN4O2S/c1-9-12-8-15(24-28(26,27)11-4-5-11)17(16(20)18(12)25(2)23-9)22-14-6-3-10(21)7-13(14)19/h3,6-9,11,22-24H,4-5H2,1-2H3. The first-order chi connectivity index (χ1) is 13.2. The summed E-state index contributed by atoms with van der Waals surface area (Å²) >= 11 is 1.98. The van der Waals surface area contributed by atoms with Crippen LogP contribution in [0.5, 0.6) is 0 Å². The fourth-order valence-corrected chi connectivity index (χ4v) is 5.14. The highest BCUT2D eigenvalue weighted by Gasteiger charge is 2.37. The van der Waals surface area contributed by atoms with E-state index in [0.29, 0.717) is 27.7 Å². The number of nitrogens with zero attached hydrogens (tertiary/aromatic N) is 1. The summed E-state index contributed by atoms with van der Waals surface area (Å²) < 4.78 is 57.9. The minimum Gasteiger partial charge on any atom is -0.349 e. The first-order valence-corrected chi connectivity index (χ1v) is 11.4. The summed E-state index contributed by atoms with van der Waals surface area (Å²) in [6.45, 7) is 1.85. The molecule has 0 bridgehead atoms. The third-order valence-corrected chi connectivity index (χ3v) is 7.39. The first kappa shape index (κ1) is 19.6. The highest BCUT2D eigenvalue weighted by atomic mass is 127. The molecular formula is C18H19F2IN4O2S. The van der Waals surface area contributed by atoms with Crippen LogP contribution in [0.25, 0.3) is 0 Å². The average Bonchev–Trinajstić information content (AvgIpc) is 3.41. The lowest BCUT2D eigenvalue weighted by Gasteiger charge is -2.20. The number of nitrogens with one attached hydrogen (secondary N) is 3. The smallest absolute Gasteiger partial charge is 0.235 e. The van der Waals surface area contributed by atoms with Crippen LogP contribution in [0.2, 0.25) is 0 Å². The predicted octanol–water partition coefficient (Wildman–Crippen LogP) is 4.23. The Balaban J connectivity index is 1.83. The van der Waals surface area contributed by atoms with Crippen LogP contribution in [-0.2, 0) is 10.0 Å². The van der Waals surface area contributed by atoms with Crippen LogP contribution in [0.15, 0.2) is 24.3 Å². The lowest BCUT2D eigenvalue weighted by atomic mass is 10.1. The molecule has 2 aromatic carbocycles. The molecule has 4 rings (SSSR count). The van der Waals surface area contributed by atoms with Crippen molar-refractivity contribution in [3.63, 3.8) is 0 Å². The zero-order valence-electron chi connectivity index (χ0n) is 15.2. The fourth-order valence-electron chi connectivity index (χ4n) is 3.30. The van der Waals surface area contributed by atoms with E-state index in [1.807, 2.05) is 29.5 Å². The maximum atomic E-state index is 15.4. The third kappa shape index (κ3) is 3.52. The number of anilines is 4. The van der Waals surface area contributed by atoms with Gasteiger partial charge in [0, 0.05) is 16.2 Å². The van der Waals surface area contributed by atoms with E-state index in [0.717, 1.165) is 0 Å². The topological polar surface area (TPSA) is 73.5 Å². The summed E-state index contributed by atoms with van der Waals surface area (Å²) in [6, 6.07) is 5.90. The van der Waals surface area contributed by atoms with Gasteiger partial charge in [-0.05, 0) is 66.6 Å². The molecule has 0 radical (unpaired) electrons. The number of halogens is 3. The number of hydrogen-bond acceptors (Lipinski definition) is 5. The van der Waals surface area contributed by atoms with Crippen molar-refractivity contribution >= 4 is 55.4 Å². The van der Waals surface area contributed by atoms with Crippen molar-refractivity contribution < 1.29 is 17.2 Å². The largest absolute Gasteiger partial charge is 0.349 e. The predicted molar refractivity (Wildman–Crippen MR) is 114 cm³/mol. The van der Waals surface area contributed by atoms with Gasteiger partial charge in [-0.3, -0.25) is 4.72 Å². The summed E-state index contributed by atoms with van der Waals surface area (Å²) in [4.78, 5) is 0. The molecule has 150 valence electrons. The Morgan fingerprint density at radius 1 is 1.21 bits per heavy atom. The lowest BCUT2D eigenvalue weighted by molar-refractivity contribution is 0.600. The normalized spacial score (nSPS) is 18.9. The molecule has 2 aliphatic rings. The molecule has 2 aromatic rings. The van der Waals surface area contributed by atoms with Crippen molar-refractivity contribution in [1.82, 2.24) is 5.43 Å². The highest BCUT2D eigenvalue weighted by Crippen LogP contribution is 2.44. The summed E-state index contributed by atoms with van der Waals surface area (Å²) in [5.74, 6) is -1.20. The molecule has 0 amide bonds. The van der Waals surface area contributed by atoms with Crippen molar-refractivity contribution in [2.24, 2.45) is 0 Å². The van der Waals surface area contributed by atoms with E-state index in [2.05, 4.69) is 15.5 Å². The molecule has 28 heavy (non-hydrogen) atoms. The maximum absolute atomic E-state index is 15.4. The van der Waals surface area contributed by atoms with E-state index < -0.39 is 26.9 Å². The Morgan fingerprint density at radius 2 is 1.93 bits per heavy atom. The van der Waals surface area contributed by atoms with Crippen molar-refractivity contribution in [3.05, 3.63) is 45.0 Å². The second kappa shape index (κ2) is 6.99. The van der Waals surface area contributed by atoms with E-state index in [4.69, 9.17) is 0 Å². The van der Waals surface area contributed by atoms with Crippen LogP contribution in [0, 0.1) is 15.2 Å². The zero-order chi connectivity index (χ0) is 20.2. The summed E-state index contributed by atoms with van der Waals surface area (Å²) in [7, 11) is -1.95. The average molecular weight is 520 g/mol. The lowest BCUT2D eigenvalue weighted by Crippen LogP contribution is -2.29. The molecular weight excluding hydrogens is 501 g/mol.